The molecule has 0 heterocycles. The molecule has 1 saturated carbocycles. The van der Waals surface area contributed by atoms with Crippen molar-refractivity contribution in [3.8, 4) is 0 Å². The topological polar surface area (TPSA) is 55.4 Å². The Bertz CT molecular complexity index is 501. The molecule has 0 aliphatic heterocycles. The van der Waals surface area contributed by atoms with E-state index in [0.717, 1.165) is 29.4 Å². The number of hydrogen-bond donors (Lipinski definition) is 1. The normalized spacial score (nSPS) is 19.9. The van der Waals surface area contributed by atoms with Crippen LogP contribution in [0, 0.1) is 5.92 Å². The van der Waals surface area contributed by atoms with Gasteiger partial charge in [0, 0.05) is 22.5 Å². The molecule has 0 bridgehead atoms. The van der Waals surface area contributed by atoms with Crippen LogP contribution in [0.2, 0.25) is 0 Å². The van der Waals surface area contributed by atoms with Gasteiger partial charge in [-0.05, 0) is 44.0 Å². The molecular formula is C16H20BrNO3. The quantitative estimate of drug-likeness (QED) is 0.822. The maximum atomic E-state index is 12.2. The Kier molecular flexibility index (Phi) is 5.79. The molecule has 0 unspecified atom stereocenters. The summed E-state index contributed by atoms with van der Waals surface area (Å²) in [5, 5.41) is 3.17. The fourth-order valence-corrected chi connectivity index (χ4v) is 2.91. The number of carbonyl (C=O) groups excluding carboxylic acids is 2. The monoisotopic (exact) mass is 353 g/mol. The Morgan fingerprint density at radius 2 is 2.10 bits per heavy atom. The molecule has 0 aromatic heterocycles. The van der Waals surface area contributed by atoms with Gasteiger partial charge in [-0.3, -0.25) is 4.79 Å². The number of esters is 1. The minimum absolute atomic E-state index is 0.156. The van der Waals surface area contributed by atoms with Crippen LogP contribution in [0.5, 0.6) is 0 Å². The van der Waals surface area contributed by atoms with Crippen molar-refractivity contribution in [3.05, 3.63) is 28.7 Å². The molecule has 4 nitrogen and oxygen atoms in total. The van der Waals surface area contributed by atoms with E-state index in [2.05, 4.69) is 21.2 Å². The van der Waals surface area contributed by atoms with E-state index in [4.69, 9.17) is 4.74 Å². The molecule has 2 atom stereocenters. The van der Waals surface area contributed by atoms with Crippen molar-refractivity contribution in [1.82, 2.24) is 0 Å². The van der Waals surface area contributed by atoms with Crippen LogP contribution in [0.4, 0.5) is 5.69 Å². The summed E-state index contributed by atoms with van der Waals surface area (Å²) in [4.78, 5) is 24.3. The molecule has 21 heavy (non-hydrogen) atoms. The fourth-order valence-electron chi connectivity index (χ4n) is 2.64. The highest BCUT2D eigenvalue weighted by Gasteiger charge is 2.35. The summed E-state index contributed by atoms with van der Waals surface area (Å²) in [6, 6.07) is 6.95. The molecule has 2 rings (SSSR count). The average Bonchev–Trinajstić information content (AvgIpc) is 2.48. The van der Waals surface area contributed by atoms with E-state index in [1.165, 1.54) is 0 Å². The van der Waals surface area contributed by atoms with Crippen molar-refractivity contribution in [1.29, 1.82) is 0 Å². The lowest BCUT2D eigenvalue weighted by Crippen LogP contribution is -2.43. The number of ketones is 1. The number of ether oxygens (including phenoxy) is 1. The predicted molar refractivity (Wildman–Crippen MR) is 85.2 cm³/mol. The van der Waals surface area contributed by atoms with Crippen LogP contribution in [0.15, 0.2) is 28.7 Å². The van der Waals surface area contributed by atoms with Gasteiger partial charge in [0.05, 0.1) is 6.61 Å². The molecule has 1 N–H and O–H groups in total. The third-order valence-corrected chi connectivity index (χ3v) is 4.24. The van der Waals surface area contributed by atoms with Gasteiger partial charge in [-0.15, -0.1) is 0 Å². The molecule has 1 aromatic carbocycles. The summed E-state index contributed by atoms with van der Waals surface area (Å²) in [6.07, 6.45) is 3.20. The molecule has 1 aliphatic rings. The van der Waals surface area contributed by atoms with Gasteiger partial charge in [-0.2, -0.15) is 0 Å². The first-order valence-electron chi connectivity index (χ1n) is 7.33. The molecule has 1 fully saturated rings. The lowest BCUT2D eigenvalue weighted by Gasteiger charge is -2.28. The lowest BCUT2D eigenvalue weighted by molar-refractivity contribution is -0.147. The summed E-state index contributed by atoms with van der Waals surface area (Å²) in [6.45, 7) is 2.09. The Labute approximate surface area is 133 Å². The third kappa shape index (κ3) is 4.30. The minimum Gasteiger partial charge on any atom is -0.464 e. The first kappa shape index (κ1) is 16.0. The van der Waals surface area contributed by atoms with Crippen molar-refractivity contribution >= 4 is 33.4 Å². The van der Waals surface area contributed by atoms with Crippen molar-refractivity contribution in [3.63, 3.8) is 0 Å². The van der Waals surface area contributed by atoms with Crippen LogP contribution in [0.25, 0.3) is 0 Å². The largest absolute Gasteiger partial charge is 0.464 e. The molecular weight excluding hydrogens is 334 g/mol. The maximum absolute atomic E-state index is 12.2. The van der Waals surface area contributed by atoms with E-state index in [1.807, 2.05) is 24.3 Å². The first-order chi connectivity index (χ1) is 10.1. The van der Waals surface area contributed by atoms with Crippen molar-refractivity contribution in [2.24, 2.45) is 5.92 Å². The van der Waals surface area contributed by atoms with Crippen molar-refractivity contribution in [2.75, 3.05) is 11.9 Å². The van der Waals surface area contributed by atoms with Gasteiger partial charge in [0.2, 0.25) is 0 Å². The Hall–Kier alpha value is -1.36. The average molecular weight is 354 g/mol. The second kappa shape index (κ2) is 7.59. The zero-order valence-corrected chi connectivity index (χ0v) is 13.7. The Balaban J connectivity index is 2.16. The van der Waals surface area contributed by atoms with Crippen LogP contribution in [-0.4, -0.2) is 24.4 Å². The molecule has 0 radical (unpaired) electrons. The van der Waals surface area contributed by atoms with Crippen LogP contribution in [0.1, 0.15) is 32.6 Å². The predicted octanol–water partition coefficient (Wildman–Crippen LogP) is 3.55. The van der Waals surface area contributed by atoms with Gasteiger partial charge in [-0.1, -0.05) is 22.4 Å². The van der Waals surface area contributed by atoms with E-state index >= 15 is 0 Å². The van der Waals surface area contributed by atoms with Gasteiger partial charge < -0.3 is 10.1 Å². The highest BCUT2D eigenvalue weighted by atomic mass is 79.9. The number of carbonyl (C=O) groups is 2. The second-order valence-electron chi connectivity index (χ2n) is 5.20. The summed E-state index contributed by atoms with van der Waals surface area (Å²) < 4.78 is 6.11. The summed E-state index contributed by atoms with van der Waals surface area (Å²) in [7, 11) is 0. The number of benzene rings is 1. The number of anilines is 1. The van der Waals surface area contributed by atoms with Crippen LogP contribution in [-0.2, 0) is 14.3 Å². The summed E-state index contributed by atoms with van der Waals surface area (Å²) >= 11 is 3.38. The van der Waals surface area contributed by atoms with E-state index in [-0.39, 0.29) is 17.7 Å². The van der Waals surface area contributed by atoms with E-state index in [9.17, 15) is 9.59 Å². The molecule has 1 aliphatic carbocycles. The zero-order chi connectivity index (χ0) is 15.2. The fraction of sp³-hybridized carbons (Fsp3) is 0.500. The van der Waals surface area contributed by atoms with Gasteiger partial charge >= 0.3 is 5.97 Å². The second-order valence-corrected chi connectivity index (χ2v) is 6.12. The third-order valence-electron chi connectivity index (χ3n) is 3.71. The van der Waals surface area contributed by atoms with Crippen molar-refractivity contribution in [2.45, 2.75) is 38.6 Å². The maximum Gasteiger partial charge on any atom is 0.329 e. The minimum atomic E-state index is -0.598. The van der Waals surface area contributed by atoms with Gasteiger partial charge in [0.1, 0.15) is 11.8 Å². The molecule has 1 aromatic rings. The SMILES string of the molecule is CCOC(=O)[C@@H](Nc1ccc(Br)cc1)[C@H]1CCCCC1=O. The van der Waals surface area contributed by atoms with Gasteiger partial charge in [0.15, 0.2) is 0 Å². The zero-order valence-electron chi connectivity index (χ0n) is 12.1. The summed E-state index contributed by atoms with van der Waals surface area (Å²) in [5.74, 6) is -0.481. The van der Waals surface area contributed by atoms with Crippen LogP contribution in [0.3, 0.4) is 0 Å². The number of nitrogens with one attached hydrogen (secondary N) is 1. The van der Waals surface area contributed by atoms with E-state index in [1.54, 1.807) is 6.92 Å². The molecule has 0 spiro atoms. The lowest BCUT2D eigenvalue weighted by atomic mass is 9.82. The molecule has 114 valence electrons. The van der Waals surface area contributed by atoms with Crippen LogP contribution < -0.4 is 5.32 Å². The number of rotatable bonds is 5. The first-order valence-corrected chi connectivity index (χ1v) is 8.12. The van der Waals surface area contributed by atoms with Gasteiger partial charge in [-0.25, -0.2) is 4.79 Å². The molecule has 0 saturated heterocycles. The Morgan fingerprint density at radius 3 is 2.71 bits per heavy atom. The Morgan fingerprint density at radius 1 is 1.38 bits per heavy atom. The van der Waals surface area contributed by atoms with E-state index in [0.29, 0.717) is 13.0 Å². The smallest absolute Gasteiger partial charge is 0.329 e. The standard InChI is InChI=1S/C16H20BrNO3/c1-2-21-16(20)15(13-5-3-4-6-14(13)19)18-12-9-7-11(17)8-10-12/h7-10,13,15,18H,2-6H2,1H3/t13-,15-/m0/s1. The molecule has 5 heteroatoms. The molecule has 0 amide bonds. The number of Topliss-reactive ketones (excluding diaryl/α,β-unsaturated/α-hetero) is 1. The number of hydrogen-bond acceptors (Lipinski definition) is 4. The highest BCUT2D eigenvalue weighted by molar-refractivity contribution is 9.10. The van der Waals surface area contributed by atoms with E-state index < -0.39 is 6.04 Å². The van der Waals surface area contributed by atoms with Crippen molar-refractivity contribution < 1.29 is 14.3 Å². The van der Waals surface area contributed by atoms with Crippen LogP contribution >= 0.6 is 15.9 Å². The summed E-state index contributed by atoms with van der Waals surface area (Å²) in [5.41, 5.74) is 0.814. The highest BCUT2D eigenvalue weighted by Crippen LogP contribution is 2.27. The van der Waals surface area contributed by atoms with Gasteiger partial charge in [0.25, 0.3) is 0 Å². The number of halogens is 1.